The molecule has 2 heterocycles. The van der Waals surface area contributed by atoms with Crippen LogP contribution in [0.4, 0.5) is 0 Å². The number of nitrogens with two attached hydrogens (primary N) is 1. The molecule has 1 aliphatic heterocycles. The first-order chi connectivity index (χ1) is 17.8. The van der Waals surface area contributed by atoms with Crippen molar-refractivity contribution in [1.82, 2.24) is 14.5 Å². The standard InChI is InChI=1S/C30H31ClN4O2/c1-20-18-33(29(23-12-8-5-9-13-23)22-10-6-3-4-7-11-22)14-15-34(20)30(37)25-16-24-26(21(2)36)19-35(32)28(24)17-27(25)31/h3-10,12-13,16-17,19-20,29H,11,14-15,18,32H2,1-2H3. The van der Waals surface area contributed by atoms with Crippen LogP contribution >= 0.6 is 11.6 Å². The first kappa shape index (κ1) is 25.1. The highest BCUT2D eigenvalue weighted by atomic mass is 35.5. The first-order valence-corrected chi connectivity index (χ1v) is 13.0. The molecule has 1 saturated heterocycles. The van der Waals surface area contributed by atoms with Crippen molar-refractivity contribution in [3.63, 3.8) is 0 Å². The van der Waals surface area contributed by atoms with Crippen LogP contribution in [-0.2, 0) is 0 Å². The molecule has 2 atom stereocenters. The number of nitrogens with zero attached hydrogens (tertiary/aromatic N) is 3. The van der Waals surface area contributed by atoms with E-state index in [1.165, 1.54) is 22.7 Å². The van der Waals surface area contributed by atoms with E-state index in [9.17, 15) is 9.59 Å². The minimum atomic E-state index is -0.130. The number of ketones is 1. The van der Waals surface area contributed by atoms with Gasteiger partial charge >= 0.3 is 0 Å². The Bertz CT molecular complexity index is 1440. The van der Waals surface area contributed by atoms with Crippen molar-refractivity contribution in [2.45, 2.75) is 32.4 Å². The summed E-state index contributed by atoms with van der Waals surface area (Å²) < 4.78 is 1.38. The molecule has 0 radical (unpaired) electrons. The SMILES string of the molecule is CC(=O)c1cn(N)c2cc(Cl)c(C(=O)N3CCN(C(C4=CC=CC=CC4)c4ccccc4)CC3C)cc12. The summed E-state index contributed by atoms with van der Waals surface area (Å²) in [7, 11) is 0. The normalized spacial score (nSPS) is 19.1. The molecule has 0 saturated carbocycles. The van der Waals surface area contributed by atoms with Crippen LogP contribution in [0.1, 0.15) is 52.6 Å². The van der Waals surface area contributed by atoms with Gasteiger partial charge in [-0.1, -0.05) is 72.3 Å². The highest BCUT2D eigenvalue weighted by Gasteiger charge is 2.34. The second-order valence-corrected chi connectivity index (χ2v) is 10.2. The number of hydrogen-bond acceptors (Lipinski definition) is 4. The Morgan fingerprint density at radius 1 is 1.05 bits per heavy atom. The summed E-state index contributed by atoms with van der Waals surface area (Å²) in [5, 5.41) is 0.968. The van der Waals surface area contributed by atoms with Gasteiger partial charge in [0.1, 0.15) is 0 Å². The zero-order valence-corrected chi connectivity index (χ0v) is 21.9. The molecular weight excluding hydrogens is 484 g/mol. The second kappa shape index (κ2) is 10.4. The topological polar surface area (TPSA) is 71.6 Å². The van der Waals surface area contributed by atoms with Crippen LogP contribution in [0.25, 0.3) is 10.9 Å². The zero-order valence-electron chi connectivity index (χ0n) is 21.1. The summed E-state index contributed by atoms with van der Waals surface area (Å²) >= 11 is 6.57. The largest absolute Gasteiger partial charge is 0.339 e. The van der Waals surface area contributed by atoms with Crippen LogP contribution in [-0.4, -0.2) is 51.8 Å². The molecule has 6 nitrogen and oxygen atoms in total. The molecule has 2 N–H and O–H groups in total. The average Bonchev–Trinajstić information content (AvgIpc) is 3.04. The van der Waals surface area contributed by atoms with Crippen LogP contribution in [0, 0.1) is 0 Å². The number of halogens is 1. The number of amides is 1. The fourth-order valence-corrected chi connectivity index (χ4v) is 5.72. The molecule has 37 heavy (non-hydrogen) atoms. The average molecular weight is 515 g/mol. The maximum atomic E-state index is 13.7. The number of piperazine rings is 1. The van der Waals surface area contributed by atoms with E-state index in [-0.39, 0.29) is 23.8 Å². The number of fused-ring (bicyclic) bond motifs is 1. The molecule has 7 heteroatoms. The molecule has 5 rings (SSSR count). The summed E-state index contributed by atoms with van der Waals surface area (Å²) in [6.07, 6.45) is 13.1. The summed E-state index contributed by atoms with van der Waals surface area (Å²) in [5.41, 5.74) is 4.08. The van der Waals surface area contributed by atoms with E-state index in [0.29, 0.717) is 33.6 Å². The van der Waals surface area contributed by atoms with Crippen molar-refractivity contribution >= 4 is 34.2 Å². The number of allylic oxidation sites excluding steroid dienone is 5. The van der Waals surface area contributed by atoms with E-state index < -0.39 is 0 Å². The van der Waals surface area contributed by atoms with Crippen molar-refractivity contribution in [3.05, 3.63) is 106 Å². The van der Waals surface area contributed by atoms with Crippen LogP contribution < -0.4 is 5.84 Å². The lowest BCUT2D eigenvalue weighted by atomic mass is 9.93. The molecular formula is C30H31ClN4O2. The number of carbonyl (C=O) groups is 2. The van der Waals surface area contributed by atoms with E-state index in [1.807, 2.05) is 11.0 Å². The van der Waals surface area contributed by atoms with Crippen molar-refractivity contribution in [3.8, 4) is 0 Å². The maximum absolute atomic E-state index is 13.7. The highest BCUT2D eigenvalue weighted by molar-refractivity contribution is 6.35. The van der Waals surface area contributed by atoms with Crippen LogP contribution in [0.15, 0.2) is 84.6 Å². The molecule has 190 valence electrons. The Kier molecular flexibility index (Phi) is 7.04. The number of Topliss-reactive ketones (excluding diaryl/α,β-unsaturated/α-hetero) is 1. The van der Waals surface area contributed by atoms with Gasteiger partial charge in [0.25, 0.3) is 5.91 Å². The number of benzene rings is 2. The lowest BCUT2D eigenvalue weighted by Gasteiger charge is -2.44. The minimum Gasteiger partial charge on any atom is -0.339 e. The van der Waals surface area contributed by atoms with Gasteiger partial charge in [-0.25, -0.2) is 0 Å². The molecule has 1 aromatic heterocycles. The lowest BCUT2D eigenvalue weighted by molar-refractivity contribution is 0.0423. The van der Waals surface area contributed by atoms with Crippen LogP contribution in [0.2, 0.25) is 5.02 Å². The maximum Gasteiger partial charge on any atom is 0.255 e. The Morgan fingerprint density at radius 3 is 2.57 bits per heavy atom. The van der Waals surface area contributed by atoms with Gasteiger partial charge in [0, 0.05) is 42.8 Å². The Morgan fingerprint density at radius 2 is 1.84 bits per heavy atom. The van der Waals surface area contributed by atoms with Crippen molar-refractivity contribution in [2.75, 3.05) is 25.5 Å². The number of hydrogen-bond donors (Lipinski definition) is 1. The third-order valence-corrected chi connectivity index (χ3v) is 7.62. The first-order valence-electron chi connectivity index (χ1n) is 12.6. The van der Waals surface area contributed by atoms with E-state index >= 15 is 0 Å². The van der Waals surface area contributed by atoms with Gasteiger partial charge in [-0.05, 0) is 43.5 Å². The number of rotatable bonds is 5. The fourth-order valence-electron chi connectivity index (χ4n) is 5.48. The van der Waals surface area contributed by atoms with Crippen molar-refractivity contribution < 1.29 is 9.59 Å². The molecule has 0 bridgehead atoms. The van der Waals surface area contributed by atoms with Crippen molar-refractivity contribution in [1.29, 1.82) is 0 Å². The van der Waals surface area contributed by atoms with Crippen molar-refractivity contribution in [2.24, 2.45) is 0 Å². The smallest absolute Gasteiger partial charge is 0.255 e. The molecule has 2 unspecified atom stereocenters. The lowest BCUT2D eigenvalue weighted by Crippen LogP contribution is -2.54. The van der Waals surface area contributed by atoms with Gasteiger partial charge in [-0.3, -0.25) is 19.2 Å². The predicted octanol–water partition coefficient (Wildman–Crippen LogP) is 5.54. The molecule has 2 aliphatic rings. The summed E-state index contributed by atoms with van der Waals surface area (Å²) in [4.78, 5) is 30.2. The van der Waals surface area contributed by atoms with E-state index in [2.05, 4.69) is 66.5 Å². The monoisotopic (exact) mass is 514 g/mol. The third kappa shape index (κ3) is 4.87. The predicted molar refractivity (Wildman–Crippen MR) is 149 cm³/mol. The third-order valence-electron chi connectivity index (χ3n) is 7.31. The number of carbonyl (C=O) groups excluding carboxylic acids is 2. The Balaban J connectivity index is 1.42. The quantitative estimate of drug-likeness (QED) is 0.358. The van der Waals surface area contributed by atoms with Gasteiger partial charge in [0.2, 0.25) is 0 Å². The molecule has 1 fully saturated rings. The van der Waals surface area contributed by atoms with Gasteiger partial charge in [-0.15, -0.1) is 0 Å². The van der Waals surface area contributed by atoms with Crippen LogP contribution in [0.5, 0.6) is 0 Å². The van der Waals surface area contributed by atoms with Gasteiger partial charge < -0.3 is 10.7 Å². The Labute approximate surface area is 222 Å². The molecule has 1 amide bonds. The van der Waals surface area contributed by atoms with E-state index in [4.69, 9.17) is 17.4 Å². The van der Waals surface area contributed by atoms with E-state index in [1.54, 1.807) is 18.3 Å². The summed E-state index contributed by atoms with van der Waals surface area (Å²) in [6.45, 7) is 5.61. The molecule has 2 aromatic carbocycles. The van der Waals surface area contributed by atoms with Gasteiger partial charge in [0.05, 0.1) is 22.1 Å². The molecule has 3 aromatic rings. The zero-order chi connectivity index (χ0) is 26.1. The second-order valence-electron chi connectivity index (χ2n) is 9.77. The number of nitrogen functional groups attached to an aromatic ring is 1. The summed E-state index contributed by atoms with van der Waals surface area (Å²) in [5.74, 6) is 5.79. The summed E-state index contributed by atoms with van der Waals surface area (Å²) in [6, 6.07) is 14.0. The Hall–Kier alpha value is -3.61. The highest BCUT2D eigenvalue weighted by Crippen LogP contribution is 2.34. The van der Waals surface area contributed by atoms with Crippen LogP contribution in [0.3, 0.4) is 0 Å². The van der Waals surface area contributed by atoms with E-state index in [0.717, 1.165) is 19.5 Å². The van der Waals surface area contributed by atoms with Gasteiger partial charge in [0.15, 0.2) is 5.78 Å². The minimum absolute atomic E-state index is 0.0249. The molecule has 1 aliphatic carbocycles. The van der Waals surface area contributed by atoms with Gasteiger partial charge in [-0.2, -0.15) is 0 Å². The molecule has 0 spiro atoms. The number of aromatic nitrogens is 1. The fraction of sp³-hybridized carbons (Fsp3) is 0.267.